The molecule has 1 fully saturated rings. The normalized spacial score (nSPS) is 17.3. The number of hydrogen-bond donors (Lipinski definition) is 2. The van der Waals surface area contributed by atoms with Crippen LogP contribution in [0.2, 0.25) is 0 Å². The molecular weight excluding hydrogens is 461 g/mol. The van der Waals surface area contributed by atoms with Crippen LogP contribution in [0.4, 0.5) is 27.8 Å². The summed E-state index contributed by atoms with van der Waals surface area (Å²) in [5, 5.41) is 21.9. The number of nitrogens with one attached hydrogen (secondary N) is 1. The number of β-amino-alcohol motifs (C(OH)–C–C–N with tert-alkyl or cyclic N) is 1. The largest absolute Gasteiger partial charge is 0.434 e. The van der Waals surface area contributed by atoms with E-state index in [4.69, 9.17) is 0 Å². The van der Waals surface area contributed by atoms with Crippen LogP contribution in [0.1, 0.15) is 18.4 Å². The molecule has 0 unspecified atom stereocenters. The van der Waals surface area contributed by atoms with Crippen LogP contribution >= 0.6 is 0 Å². The van der Waals surface area contributed by atoms with E-state index in [1.807, 2.05) is 0 Å². The number of alkyl halides is 5. The predicted molar refractivity (Wildman–Crippen MR) is 115 cm³/mol. The SMILES string of the molecule is OCCN1CCC[C@@H](Nc2nnc(-c3ccc(C(F)(F)F)cc3OC(F)F)c3cnccc23)C1. The summed E-state index contributed by atoms with van der Waals surface area (Å²) in [4.78, 5) is 6.20. The number of piperidine rings is 1. The molecule has 1 aliphatic rings. The van der Waals surface area contributed by atoms with E-state index in [-0.39, 0.29) is 23.9 Å². The zero-order valence-corrected chi connectivity index (χ0v) is 17.9. The van der Waals surface area contributed by atoms with Gasteiger partial charge in [-0.2, -0.15) is 22.0 Å². The van der Waals surface area contributed by atoms with E-state index in [0.29, 0.717) is 35.7 Å². The average molecular weight is 483 g/mol. The molecule has 2 aromatic heterocycles. The van der Waals surface area contributed by atoms with Crippen LogP contribution in [0.3, 0.4) is 0 Å². The van der Waals surface area contributed by atoms with Gasteiger partial charge in [0, 0.05) is 47.9 Å². The quantitative estimate of drug-likeness (QED) is 0.488. The molecule has 1 saturated heterocycles. The fourth-order valence-corrected chi connectivity index (χ4v) is 4.10. The van der Waals surface area contributed by atoms with E-state index in [2.05, 4.69) is 30.1 Å². The first kappa shape index (κ1) is 24.0. The smallest absolute Gasteiger partial charge is 0.416 e. The van der Waals surface area contributed by atoms with Crippen LogP contribution < -0.4 is 10.1 Å². The Kier molecular flexibility index (Phi) is 7.08. The van der Waals surface area contributed by atoms with E-state index in [1.54, 1.807) is 6.07 Å². The Morgan fingerprint density at radius 2 is 2.00 bits per heavy atom. The number of rotatable bonds is 7. The number of aromatic nitrogens is 3. The minimum Gasteiger partial charge on any atom is -0.434 e. The number of ether oxygens (including phenoxy) is 1. The van der Waals surface area contributed by atoms with Gasteiger partial charge in [0.25, 0.3) is 0 Å². The zero-order valence-electron chi connectivity index (χ0n) is 17.9. The molecule has 1 aliphatic heterocycles. The predicted octanol–water partition coefficient (Wildman–Crippen LogP) is 4.18. The lowest BCUT2D eigenvalue weighted by atomic mass is 10.0. The Morgan fingerprint density at radius 3 is 2.74 bits per heavy atom. The molecule has 0 aliphatic carbocycles. The van der Waals surface area contributed by atoms with Crippen LogP contribution in [0, 0.1) is 0 Å². The Bertz CT molecular complexity index is 1140. The van der Waals surface area contributed by atoms with Gasteiger partial charge in [0.15, 0.2) is 5.82 Å². The van der Waals surface area contributed by atoms with Crippen molar-refractivity contribution >= 4 is 16.6 Å². The molecular formula is C22H22F5N5O2. The third-order valence-corrected chi connectivity index (χ3v) is 5.62. The molecule has 2 N–H and O–H groups in total. The molecule has 7 nitrogen and oxygen atoms in total. The number of anilines is 1. The summed E-state index contributed by atoms with van der Waals surface area (Å²) in [5.41, 5.74) is -1.11. The number of aliphatic hydroxyl groups excluding tert-OH is 1. The van der Waals surface area contributed by atoms with Crippen LogP contribution in [0.25, 0.3) is 22.0 Å². The number of halogens is 5. The molecule has 3 heterocycles. The maximum absolute atomic E-state index is 13.1. The highest BCUT2D eigenvalue weighted by atomic mass is 19.4. The Hall–Kier alpha value is -3.12. The average Bonchev–Trinajstić information content (AvgIpc) is 2.79. The first-order valence-electron chi connectivity index (χ1n) is 10.6. The molecule has 0 bridgehead atoms. The number of aliphatic hydroxyl groups is 1. The number of pyridine rings is 1. The van der Waals surface area contributed by atoms with Gasteiger partial charge in [-0.25, -0.2) is 0 Å². The summed E-state index contributed by atoms with van der Waals surface area (Å²) in [7, 11) is 0. The number of fused-ring (bicyclic) bond motifs is 1. The van der Waals surface area contributed by atoms with Gasteiger partial charge >= 0.3 is 12.8 Å². The Labute approximate surface area is 191 Å². The van der Waals surface area contributed by atoms with Gasteiger partial charge in [0.05, 0.1) is 12.2 Å². The molecule has 12 heteroatoms. The van der Waals surface area contributed by atoms with Crippen LogP contribution in [-0.4, -0.2) is 64.1 Å². The van der Waals surface area contributed by atoms with Gasteiger partial charge in [-0.3, -0.25) is 9.88 Å². The van der Waals surface area contributed by atoms with Crippen molar-refractivity contribution < 1.29 is 31.8 Å². The molecule has 1 atom stereocenters. The van der Waals surface area contributed by atoms with E-state index < -0.39 is 24.1 Å². The highest BCUT2D eigenvalue weighted by molar-refractivity contribution is 6.00. The number of likely N-dealkylation sites (tertiary alicyclic amines) is 1. The van der Waals surface area contributed by atoms with Crippen molar-refractivity contribution in [1.82, 2.24) is 20.1 Å². The third kappa shape index (κ3) is 5.33. The molecule has 0 spiro atoms. The molecule has 34 heavy (non-hydrogen) atoms. The van der Waals surface area contributed by atoms with Gasteiger partial charge in [-0.1, -0.05) is 0 Å². The fourth-order valence-electron chi connectivity index (χ4n) is 4.10. The van der Waals surface area contributed by atoms with Gasteiger partial charge in [0.1, 0.15) is 11.4 Å². The van der Waals surface area contributed by atoms with Crippen molar-refractivity contribution in [2.24, 2.45) is 0 Å². The fraction of sp³-hybridized carbons (Fsp3) is 0.409. The van der Waals surface area contributed by atoms with Crippen molar-refractivity contribution in [2.45, 2.75) is 31.7 Å². The lowest BCUT2D eigenvalue weighted by Gasteiger charge is -2.33. The number of benzene rings is 1. The van der Waals surface area contributed by atoms with Crippen molar-refractivity contribution in [3.8, 4) is 17.0 Å². The van der Waals surface area contributed by atoms with Gasteiger partial charge in [0.2, 0.25) is 0 Å². The highest BCUT2D eigenvalue weighted by Gasteiger charge is 2.32. The van der Waals surface area contributed by atoms with Gasteiger partial charge in [-0.15, -0.1) is 10.2 Å². The van der Waals surface area contributed by atoms with E-state index in [9.17, 15) is 27.1 Å². The standard InChI is InChI=1S/C22H22F5N5O2/c23-21(24)34-18-10-13(22(25,26)27)3-4-16(18)19-17-11-28-6-5-15(17)20(31-30-19)29-14-2-1-7-32(12-14)8-9-33/h3-6,10-11,14,21,33H,1-2,7-9,12H2,(H,29,31)/t14-/m1/s1. The maximum atomic E-state index is 13.1. The maximum Gasteiger partial charge on any atom is 0.416 e. The summed E-state index contributed by atoms with van der Waals surface area (Å²) in [6.45, 7) is -1.12. The molecule has 3 aromatic rings. The molecule has 1 aromatic carbocycles. The summed E-state index contributed by atoms with van der Waals surface area (Å²) in [6.07, 6.45) is 0.0615. The summed E-state index contributed by atoms with van der Waals surface area (Å²) in [6, 6.07) is 4.05. The van der Waals surface area contributed by atoms with Crippen LogP contribution in [0.5, 0.6) is 5.75 Å². The molecule has 0 radical (unpaired) electrons. The lowest BCUT2D eigenvalue weighted by Crippen LogP contribution is -2.43. The summed E-state index contributed by atoms with van der Waals surface area (Å²) < 4.78 is 69.8. The lowest BCUT2D eigenvalue weighted by molar-refractivity contribution is -0.138. The summed E-state index contributed by atoms with van der Waals surface area (Å²) in [5.74, 6) is -0.211. The topological polar surface area (TPSA) is 83.4 Å². The minimum atomic E-state index is -4.73. The van der Waals surface area contributed by atoms with Crippen molar-refractivity contribution in [2.75, 3.05) is 31.6 Å². The first-order chi connectivity index (χ1) is 16.3. The number of nitrogens with zero attached hydrogens (tertiary/aromatic N) is 4. The van der Waals surface area contributed by atoms with Gasteiger partial charge < -0.3 is 15.2 Å². The molecule has 0 amide bonds. The highest BCUT2D eigenvalue weighted by Crippen LogP contribution is 2.39. The van der Waals surface area contributed by atoms with Gasteiger partial charge in [-0.05, 0) is 43.7 Å². The summed E-state index contributed by atoms with van der Waals surface area (Å²) >= 11 is 0. The Balaban J connectivity index is 1.73. The second-order valence-corrected chi connectivity index (χ2v) is 7.91. The second-order valence-electron chi connectivity index (χ2n) is 7.91. The minimum absolute atomic E-state index is 0.0422. The second kappa shape index (κ2) is 10.0. The first-order valence-corrected chi connectivity index (χ1v) is 10.6. The monoisotopic (exact) mass is 483 g/mol. The third-order valence-electron chi connectivity index (χ3n) is 5.62. The van der Waals surface area contributed by atoms with E-state index in [1.165, 1.54) is 12.4 Å². The van der Waals surface area contributed by atoms with Crippen molar-refractivity contribution in [3.05, 3.63) is 42.2 Å². The molecule has 0 saturated carbocycles. The van der Waals surface area contributed by atoms with Crippen LogP contribution in [0.15, 0.2) is 36.7 Å². The number of hydrogen-bond acceptors (Lipinski definition) is 7. The molecule has 182 valence electrons. The molecule has 4 rings (SSSR count). The van der Waals surface area contributed by atoms with Crippen molar-refractivity contribution in [1.29, 1.82) is 0 Å². The van der Waals surface area contributed by atoms with Crippen molar-refractivity contribution in [3.63, 3.8) is 0 Å². The van der Waals surface area contributed by atoms with E-state index in [0.717, 1.165) is 31.5 Å². The van der Waals surface area contributed by atoms with Crippen LogP contribution in [-0.2, 0) is 6.18 Å². The van der Waals surface area contributed by atoms with E-state index >= 15 is 0 Å². The zero-order chi connectivity index (χ0) is 24.3. The Morgan fingerprint density at radius 1 is 1.18 bits per heavy atom.